The molecule has 0 amide bonds. The topological polar surface area (TPSA) is 68.2 Å². The van der Waals surface area contributed by atoms with E-state index in [1.807, 2.05) is 18.2 Å². The van der Waals surface area contributed by atoms with Crippen molar-refractivity contribution in [1.82, 2.24) is 15.0 Å². The summed E-state index contributed by atoms with van der Waals surface area (Å²) in [5.74, 6) is 1.30. The Balaban J connectivity index is 0.00000180. The fourth-order valence-electron chi connectivity index (χ4n) is 1.84. The van der Waals surface area contributed by atoms with Gasteiger partial charge in [-0.3, -0.25) is 4.90 Å². The number of halogens is 1. The molecule has 0 spiro atoms. The lowest BCUT2D eigenvalue weighted by Crippen LogP contribution is -2.29. The number of aromatic nitrogens is 2. The van der Waals surface area contributed by atoms with E-state index in [1.54, 1.807) is 6.92 Å². The van der Waals surface area contributed by atoms with Crippen molar-refractivity contribution in [3.8, 4) is 0 Å². The molecule has 2 aromatic rings. The normalized spacial score (nSPS) is 10.5. The molecular formula is C13H19ClN4O. The van der Waals surface area contributed by atoms with Gasteiger partial charge in [0.25, 0.3) is 0 Å². The lowest BCUT2D eigenvalue weighted by atomic mass is 10.2. The van der Waals surface area contributed by atoms with E-state index in [1.165, 1.54) is 5.56 Å². The second kappa shape index (κ2) is 7.89. The number of nitrogens with zero attached hydrogens (tertiary/aromatic N) is 3. The summed E-state index contributed by atoms with van der Waals surface area (Å²) in [6.45, 7) is 4.71. The van der Waals surface area contributed by atoms with Gasteiger partial charge in [-0.15, -0.1) is 12.4 Å². The first kappa shape index (κ1) is 15.6. The molecule has 0 aliphatic heterocycles. The first-order valence-corrected chi connectivity index (χ1v) is 6.03. The molecule has 2 N–H and O–H groups in total. The molecule has 0 saturated carbocycles. The van der Waals surface area contributed by atoms with Gasteiger partial charge in [-0.2, -0.15) is 4.98 Å². The molecule has 0 radical (unpaired) electrons. The smallest absolute Gasteiger partial charge is 0.223 e. The van der Waals surface area contributed by atoms with Crippen molar-refractivity contribution < 1.29 is 4.52 Å². The van der Waals surface area contributed by atoms with Crippen LogP contribution >= 0.6 is 12.4 Å². The average Bonchev–Trinajstić information content (AvgIpc) is 2.76. The number of aryl methyl sites for hydroxylation is 1. The van der Waals surface area contributed by atoms with Gasteiger partial charge in [-0.1, -0.05) is 35.5 Å². The number of benzene rings is 1. The Kier molecular flexibility index (Phi) is 6.49. The Hall–Kier alpha value is -1.43. The highest BCUT2D eigenvalue weighted by atomic mass is 35.5. The van der Waals surface area contributed by atoms with Crippen LogP contribution in [0, 0.1) is 6.92 Å². The van der Waals surface area contributed by atoms with Crippen LogP contribution < -0.4 is 5.73 Å². The minimum absolute atomic E-state index is 0. The molecule has 0 fully saturated rings. The largest absolute Gasteiger partial charge is 0.340 e. The zero-order valence-electron chi connectivity index (χ0n) is 11.0. The Morgan fingerprint density at radius 3 is 2.53 bits per heavy atom. The SMILES string of the molecule is Cc1nc(CN(CCN)Cc2ccccc2)no1.Cl. The number of rotatable bonds is 6. The number of hydrogen-bond donors (Lipinski definition) is 1. The molecule has 0 saturated heterocycles. The maximum Gasteiger partial charge on any atom is 0.223 e. The molecular weight excluding hydrogens is 264 g/mol. The van der Waals surface area contributed by atoms with Gasteiger partial charge < -0.3 is 10.3 Å². The average molecular weight is 283 g/mol. The molecule has 1 aromatic heterocycles. The third-order valence-electron chi connectivity index (χ3n) is 2.63. The van der Waals surface area contributed by atoms with Crippen LogP contribution in [0.1, 0.15) is 17.3 Å². The maximum absolute atomic E-state index is 5.64. The second-order valence-electron chi connectivity index (χ2n) is 4.21. The molecule has 104 valence electrons. The first-order valence-electron chi connectivity index (χ1n) is 6.03. The lowest BCUT2D eigenvalue weighted by molar-refractivity contribution is 0.252. The van der Waals surface area contributed by atoms with Crippen molar-refractivity contribution in [3.63, 3.8) is 0 Å². The summed E-state index contributed by atoms with van der Waals surface area (Å²) in [6, 6.07) is 10.3. The van der Waals surface area contributed by atoms with Crippen LogP contribution in [0.3, 0.4) is 0 Å². The molecule has 6 heteroatoms. The Labute approximate surface area is 119 Å². The summed E-state index contributed by atoms with van der Waals surface area (Å²) in [7, 11) is 0. The standard InChI is InChI=1S/C13H18N4O.ClH/c1-11-15-13(16-18-11)10-17(8-7-14)9-12-5-3-2-4-6-12;/h2-6H,7-10,14H2,1H3;1H. The van der Waals surface area contributed by atoms with Gasteiger partial charge in [0.2, 0.25) is 5.89 Å². The second-order valence-corrected chi connectivity index (χ2v) is 4.21. The highest BCUT2D eigenvalue weighted by Gasteiger charge is 2.10. The van der Waals surface area contributed by atoms with E-state index in [0.717, 1.165) is 13.1 Å². The van der Waals surface area contributed by atoms with E-state index in [4.69, 9.17) is 10.3 Å². The van der Waals surface area contributed by atoms with Crippen LogP contribution in [0.5, 0.6) is 0 Å². The van der Waals surface area contributed by atoms with Crippen molar-refractivity contribution >= 4 is 12.4 Å². The molecule has 0 bridgehead atoms. The first-order chi connectivity index (χ1) is 8.78. The Morgan fingerprint density at radius 2 is 1.95 bits per heavy atom. The minimum atomic E-state index is 0. The van der Waals surface area contributed by atoms with Crippen LogP contribution in [0.4, 0.5) is 0 Å². The molecule has 1 aromatic carbocycles. The summed E-state index contributed by atoms with van der Waals surface area (Å²) in [6.07, 6.45) is 0. The summed E-state index contributed by atoms with van der Waals surface area (Å²) < 4.78 is 4.97. The Bertz CT molecular complexity index is 475. The van der Waals surface area contributed by atoms with Crippen LogP contribution in [0.15, 0.2) is 34.9 Å². The summed E-state index contributed by atoms with van der Waals surface area (Å²) >= 11 is 0. The number of nitrogens with two attached hydrogens (primary N) is 1. The summed E-state index contributed by atoms with van der Waals surface area (Å²) in [5, 5.41) is 3.91. The zero-order chi connectivity index (χ0) is 12.8. The summed E-state index contributed by atoms with van der Waals surface area (Å²) in [4.78, 5) is 6.42. The van der Waals surface area contributed by atoms with Crippen LogP contribution in [0.25, 0.3) is 0 Å². The fraction of sp³-hybridized carbons (Fsp3) is 0.385. The van der Waals surface area contributed by atoms with Crippen LogP contribution in [-0.4, -0.2) is 28.1 Å². The third-order valence-corrected chi connectivity index (χ3v) is 2.63. The van der Waals surface area contributed by atoms with Gasteiger partial charge in [-0.25, -0.2) is 0 Å². The number of hydrogen-bond acceptors (Lipinski definition) is 5. The molecule has 0 unspecified atom stereocenters. The van der Waals surface area contributed by atoms with Gasteiger partial charge in [-0.05, 0) is 5.56 Å². The molecule has 0 atom stereocenters. The quantitative estimate of drug-likeness (QED) is 0.874. The van der Waals surface area contributed by atoms with E-state index in [9.17, 15) is 0 Å². The van der Waals surface area contributed by atoms with E-state index < -0.39 is 0 Å². The van der Waals surface area contributed by atoms with E-state index >= 15 is 0 Å². The van der Waals surface area contributed by atoms with Crippen molar-refractivity contribution in [3.05, 3.63) is 47.6 Å². The highest BCUT2D eigenvalue weighted by molar-refractivity contribution is 5.85. The van der Waals surface area contributed by atoms with E-state index in [0.29, 0.717) is 24.8 Å². The van der Waals surface area contributed by atoms with Crippen molar-refractivity contribution in [1.29, 1.82) is 0 Å². The van der Waals surface area contributed by atoms with Gasteiger partial charge in [0.05, 0.1) is 6.54 Å². The van der Waals surface area contributed by atoms with Gasteiger partial charge in [0.1, 0.15) is 0 Å². The minimum Gasteiger partial charge on any atom is -0.340 e. The molecule has 0 aliphatic rings. The monoisotopic (exact) mass is 282 g/mol. The summed E-state index contributed by atoms with van der Waals surface area (Å²) in [5.41, 5.74) is 6.89. The van der Waals surface area contributed by atoms with Gasteiger partial charge in [0, 0.05) is 26.6 Å². The molecule has 1 heterocycles. The predicted molar refractivity (Wildman–Crippen MR) is 75.9 cm³/mol. The molecule has 2 rings (SSSR count). The van der Waals surface area contributed by atoms with Crippen molar-refractivity contribution in [2.45, 2.75) is 20.0 Å². The lowest BCUT2D eigenvalue weighted by Gasteiger charge is -2.19. The van der Waals surface area contributed by atoms with Gasteiger partial charge in [0.15, 0.2) is 5.82 Å². The third kappa shape index (κ3) is 4.98. The zero-order valence-corrected chi connectivity index (χ0v) is 11.8. The van der Waals surface area contributed by atoms with Crippen LogP contribution in [0.2, 0.25) is 0 Å². The molecule has 0 aliphatic carbocycles. The van der Waals surface area contributed by atoms with Crippen molar-refractivity contribution in [2.24, 2.45) is 5.73 Å². The Morgan fingerprint density at radius 1 is 1.21 bits per heavy atom. The highest BCUT2D eigenvalue weighted by Crippen LogP contribution is 2.07. The van der Waals surface area contributed by atoms with Crippen LogP contribution in [-0.2, 0) is 13.1 Å². The molecule has 5 nitrogen and oxygen atoms in total. The molecule has 19 heavy (non-hydrogen) atoms. The van der Waals surface area contributed by atoms with Gasteiger partial charge >= 0.3 is 0 Å². The predicted octanol–water partition coefficient (Wildman–Crippen LogP) is 1.76. The maximum atomic E-state index is 5.64. The van der Waals surface area contributed by atoms with Crippen molar-refractivity contribution in [2.75, 3.05) is 13.1 Å². The van der Waals surface area contributed by atoms with E-state index in [2.05, 4.69) is 27.2 Å². The van der Waals surface area contributed by atoms with E-state index in [-0.39, 0.29) is 12.4 Å². The fourth-order valence-corrected chi connectivity index (χ4v) is 1.84.